The highest BCUT2D eigenvalue weighted by molar-refractivity contribution is 5.99. The second-order valence-corrected chi connectivity index (χ2v) is 11.7. The number of Topliss-reactive ketones (excluding diaryl/α,β-unsaturated/α-hetero) is 1. The summed E-state index contributed by atoms with van der Waals surface area (Å²) in [4.78, 5) is 43.0. The Labute approximate surface area is 207 Å². The van der Waals surface area contributed by atoms with Crippen LogP contribution in [0.25, 0.3) is 0 Å². The lowest BCUT2D eigenvalue weighted by Gasteiger charge is -2.35. The number of aliphatic hydroxyl groups excluding tert-OH is 1. The largest absolute Gasteiger partial charge is 0.388 e. The minimum atomic E-state index is -0.907. The van der Waals surface area contributed by atoms with E-state index in [1.165, 1.54) is 23.3 Å². The zero-order valence-electron chi connectivity index (χ0n) is 20.9. The van der Waals surface area contributed by atoms with Crippen molar-refractivity contribution in [1.82, 2.24) is 15.1 Å². The Kier molecular flexibility index (Phi) is 6.48. The number of nitrogens with one attached hydrogen (secondary N) is 1. The Balaban J connectivity index is 1.25. The summed E-state index contributed by atoms with van der Waals surface area (Å²) in [5.74, 6) is -0.377. The van der Waals surface area contributed by atoms with Crippen molar-refractivity contribution in [2.45, 2.75) is 82.7 Å². The zero-order chi connectivity index (χ0) is 24.9. The van der Waals surface area contributed by atoms with Gasteiger partial charge >= 0.3 is 0 Å². The Bertz CT molecular complexity index is 976. The quantitative estimate of drug-likeness (QED) is 0.662. The van der Waals surface area contributed by atoms with Crippen LogP contribution in [0.2, 0.25) is 0 Å². The van der Waals surface area contributed by atoms with Gasteiger partial charge in [-0.05, 0) is 67.8 Å². The second-order valence-electron chi connectivity index (χ2n) is 11.7. The van der Waals surface area contributed by atoms with E-state index in [0.717, 1.165) is 32.0 Å². The van der Waals surface area contributed by atoms with Crippen LogP contribution < -0.4 is 5.32 Å². The molecule has 3 saturated heterocycles. The Morgan fingerprint density at radius 2 is 1.74 bits per heavy atom. The summed E-state index contributed by atoms with van der Waals surface area (Å²) in [7, 11) is 0. The SMILES string of the molecule is CC(C)(C)C(NC(=O)c1ccc(C2CCN(C3CC3)CC2)cc1)C(=O)N1C[C@H](O)[C@H]2OCC(=O)[C@H]21. The molecule has 0 radical (unpaired) electrons. The van der Waals surface area contributed by atoms with Crippen molar-refractivity contribution in [3.05, 3.63) is 35.4 Å². The van der Waals surface area contributed by atoms with E-state index in [1.807, 2.05) is 45.0 Å². The van der Waals surface area contributed by atoms with Crippen LogP contribution in [0.4, 0.5) is 0 Å². The van der Waals surface area contributed by atoms with E-state index in [9.17, 15) is 19.5 Å². The van der Waals surface area contributed by atoms with Crippen LogP contribution in [0.3, 0.4) is 0 Å². The molecule has 1 unspecified atom stereocenters. The third kappa shape index (κ3) is 4.88. The minimum Gasteiger partial charge on any atom is -0.388 e. The zero-order valence-corrected chi connectivity index (χ0v) is 20.9. The van der Waals surface area contributed by atoms with Gasteiger partial charge in [0.2, 0.25) is 5.91 Å². The smallest absolute Gasteiger partial charge is 0.251 e. The van der Waals surface area contributed by atoms with Crippen molar-refractivity contribution >= 4 is 17.6 Å². The maximum absolute atomic E-state index is 13.5. The number of fused-ring (bicyclic) bond motifs is 1. The van der Waals surface area contributed by atoms with Gasteiger partial charge in [-0.3, -0.25) is 14.4 Å². The van der Waals surface area contributed by atoms with E-state index in [0.29, 0.717) is 11.5 Å². The normalized spacial score (nSPS) is 28.7. The number of likely N-dealkylation sites (tertiary alicyclic amines) is 2. The maximum Gasteiger partial charge on any atom is 0.251 e. The number of β-amino-alcohol motifs (C(OH)–C–C–N with tert-alkyl or cyclic N) is 1. The molecule has 1 aromatic carbocycles. The molecule has 4 aliphatic rings. The summed E-state index contributed by atoms with van der Waals surface area (Å²) < 4.78 is 5.40. The van der Waals surface area contributed by atoms with Crippen LogP contribution in [0.1, 0.15) is 68.3 Å². The number of nitrogens with zero attached hydrogens (tertiary/aromatic N) is 2. The summed E-state index contributed by atoms with van der Waals surface area (Å²) in [5, 5.41) is 13.2. The third-order valence-electron chi connectivity index (χ3n) is 8.07. The fraction of sp³-hybridized carbons (Fsp3) is 0.667. The highest BCUT2D eigenvalue weighted by Gasteiger charge is 2.53. The molecule has 190 valence electrons. The average molecular weight is 484 g/mol. The van der Waals surface area contributed by atoms with E-state index in [1.54, 1.807) is 0 Å². The van der Waals surface area contributed by atoms with Crippen molar-refractivity contribution in [3.8, 4) is 0 Å². The van der Waals surface area contributed by atoms with E-state index in [2.05, 4.69) is 10.2 Å². The van der Waals surface area contributed by atoms with Crippen LogP contribution in [-0.4, -0.2) is 89.1 Å². The molecule has 1 aliphatic carbocycles. The van der Waals surface area contributed by atoms with Crippen molar-refractivity contribution in [3.63, 3.8) is 0 Å². The van der Waals surface area contributed by atoms with E-state index < -0.39 is 29.7 Å². The van der Waals surface area contributed by atoms with E-state index in [-0.39, 0.29) is 30.7 Å². The number of hydrogen-bond donors (Lipinski definition) is 2. The molecular weight excluding hydrogens is 446 g/mol. The molecule has 2 amide bonds. The van der Waals surface area contributed by atoms with Gasteiger partial charge in [-0.2, -0.15) is 0 Å². The number of ketones is 1. The number of piperidine rings is 1. The van der Waals surface area contributed by atoms with Crippen LogP contribution in [0.15, 0.2) is 24.3 Å². The van der Waals surface area contributed by atoms with Gasteiger partial charge in [0.15, 0.2) is 5.78 Å². The van der Waals surface area contributed by atoms with Crippen molar-refractivity contribution in [1.29, 1.82) is 0 Å². The topological polar surface area (TPSA) is 99.2 Å². The van der Waals surface area contributed by atoms with E-state index >= 15 is 0 Å². The molecule has 2 N–H and O–H groups in total. The van der Waals surface area contributed by atoms with Gasteiger partial charge < -0.3 is 25.0 Å². The monoisotopic (exact) mass is 483 g/mol. The summed E-state index contributed by atoms with van der Waals surface area (Å²) >= 11 is 0. The van der Waals surface area contributed by atoms with Crippen LogP contribution >= 0.6 is 0 Å². The first-order chi connectivity index (χ1) is 16.6. The summed E-state index contributed by atoms with van der Waals surface area (Å²) in [5.41, 5.74) is 1.18. The lowest BCUT2D eigenvalue weighted by molar-refractivity contribution is -0.140. The molecule has 0 spiro atoms. The molecule has 0 bridgehead atoms. The minimum absolute atomic E-state index is 0.0244. The number of carbonyl (C=O) groups excluding carboxylic acids is 3. The number of benzene rings is 1. The van der Waals surface area contributed by atoms with Gasteiger partial charge in [0.05, 0.1) is 6.54 Å². The summed E-state index contributed by atoms with van der Waals surface area (Å²) in [6.07, 6.45) is 3.39. The van der Waals surface area contributed by atoms with Gasteiger partial charge in [0, 0.05) is 11.6 Å². The maximum atomic E-state index is 13.5. The number of rotatable bonds is 5. The number of hydrogen-bond acceptors (Lipinski definition) is 6. The predicted molar refractivity (Wildman–Crippen MR) is 130 cm³/mol. The van der Waals surface area contributed by atoms with Gasteiger partial charge in [0.1, 0.15) is 30.9 Å². The van der Waals surface area contributed by atoms with Gasteiger partial charge in [0.25, 0.3) is 5.91 Å². The van der Waals surface area contributed by atoms with Crippen molar-refractivity contribution < 1.29 is 24.2 Å². The molecule has 1 aromatic rings. The molecule has 5 rings (SSSR count). The standard InChI is InChI=1S/C27H37N3O5/c1-27(2,3)24(26(34)30-14-20(31)23-22(30)21(32)15-35-23)28-25(33)18-6-4-16(5-7-18)17-10-12-29(13-11-17)19-8-9-19/h4-7,17,19-20,22-24,31H,8-15H2,1-3H3,(H,28,33)/t20-,22+,23+,24?/m0/s1. The number of amides is 2. The van der Waals surface area contributed by atoms with Crippen molar-refractivity contribution in [2.24, 2.45) is 5.41 Å². The first-order valence-corrected chi connectivity index (χ1v) is 12.9. The molecule has 8 nitrogen and oxygen atoms in total. The molecular formula is C27H37N3O5. The fourth-order valence-corrected chi connectivity index (χ4v) is 5.83. The first kappa shape index (κ1) is 24.4. The average Bonchev–Trinajstić information content (AvgIpc) is 3.54. The Morgan fingerprint density at radius 3 is 2.34 bits per heavy atom. The van der Waals surface area contributed by atoms with Crippen LogP contribution in [-0.2, 0) is 14.3 Å². The molecule has 4 fully saturated rings. The third-order valence-corrected chi connectivity index (χ3v) is 8.07. The highest BCUT2D eigenvalue weighted by Crippen LogP contribution is 2.35. The number of aliphatic hydroxyl groups is 1. The van der Waals surface area contributed by atoms with E-state index in [4.69, 9.17) is 4.74 Å². The lowest BCUT2D eigenvalue weighted by Crippen LogP contribution is -2.57. The highest BCUT2D eigenvalue weighted by atomic mass is 16.5. The van der Waals surface area contributed by atoms with Gasteiger partial charge in [-0.25, -0.2) is 0 Å². The molecule has 35 heavy (non-hydrogen) atoms. The molecule has 1 saturated carbocycles. The lowest BCUT2D eigenvalue weighted by atomic mass is 9.85. The second kappa shape index (κ2) is 9.30. The van der Waals surface area contributed by atoms with Crippen LogP contribution in [0, 0.1) is 5.41 Å². The number of ether oxygens (including phenoxy) is 1. The van der Waals surface area contributed by atoms with Crippen LogP contribution in [0.5, 0.6) is 0 Å². The predicted octanol–water partition coefficient (Wildman–Crippen LogP) is 1.71. The Hall–Kier alpha value is -2.29. The molecule has 0 aromatic heterocycles. The fourth-order valence-electron chi connectivity index (χ4n) is 5.83. The molecule has 8 heteroatoms. The van der Waals surface area contributed by atoms with Gasteiger partial charge in [-0.15, -0.1) is 0 Å². The first-order valence-electron chi connectivity index (χ1n) is 12.9. The summed E-state index contributed by atoms with van der Waals surface area (Å²) in [6, 6.07) is 6.94. The van der Waals surface area contributed by atoms with Gasteiger partial charge in [-0.1, -0.05) is 32.9 Å². The Morgan fingerprint density at radius 1 is 1.09 bits per heavy atom. The molecule has 3 aliphatic heterocycles. The number of carbonyl (C=O) groups is 3. The molecule has 3 heterocycles. The van der Waals surface area contributed by atoms with Crippen molar-refractivity contribution in [2.75, 3.05) is 26.2 Å². The molecule has 4 atom stereocenters. The summed E-state index contributed by atoms with van der Waals surface area (Å²) in [6.45, 7) is 7.85.